The Balaban J connectivity index is 1.61. The van der Waals surface area contributed by atoms with Gasteiger partial charge < -0.3 is 15.8 Å². The molecule has 0 aliphatic carbocycles. The molecule has 2 amide bonds. The summed E-state index contributed by atoms with van der Waals surface area (Å²) in [7, 11) is 0. The molecule has 2 bridgehead atoms. The van der Waals surface area contributed by atoms with Crippen molar-refractivity contribution < 1.29 is 14.3 Å². The average Bonchev–Trinajstić information content (AvgIpc) is 2.66. The number of amidine groups is 1. The normalized spacial score (nSPS) is 26.4. The molecule has 2 aliphatic rings. The van der Waals surface area contributed by atoms with Crippen molar-refractivity contribution in [3.05, 3.63) is 65.7 Å². The van der Waals surface area contributed by atoms with Crippen molar-refractivity contribution in [1.29, 1.82) is 0 Å². The molecule has 2 aromatic rings. The van der Waals surface area contributed by atoms with Crippen LogP contribution in [0.25, 0.3) is 0 Å². The number of amides is 2. The highest BCUT2D eigenvalue weighted by molar-refractivity contribution is 6.05. The molecule has 2 aromatic carbocycles. The second-order valence-corrected chi connectivity index (χ2v) is 6.99. The van der Waals surface area contributed by atoms with E-state index in [1.807, 2.05) is 37.3 Å². The Bertz CT molecular complexity index is 928. The lowest BCUT2D eigenvalue weighted by Crippen LogP contribution is -2.62. The van der Waals surface area contributed by atoms with Gasteiger partial charge >= 0.3 is 0 Å². The van der Waals surface area contributed by atoms with Gasteiger partial charge in [-0.25, -0.2) is 5.43 Å². The second-order valence-electron chi connectivity index (χ2n) is 6.99. The minimum absolute atomic E-state index is 0.0699. The Morgan fingerprint density at radius 1 is 1.22 bits per heavy atom. The van der Waals surface area contributed by atoms with E-state index in [1.165, 1.54) is 0 Å². The lowest BCUT2D eigenvalue weighted by molar-refractivity contribution is -0.136. The van der Waals surface area contributed by atoms with Crippen LogP contribution >= 0.6 is 0 Å². The SMILES string of the molecule is C[C@@]12C[C@@H](c3ccccc3O1)[C@@H](/C(N)=N/NC(=O)c1ccccc1)C(=O)N2. The summed E-state index contributed by atoms with van der Waals surface area (Å²) in [6.45, 7) is 1.84. The van der Waals surface area contributed by atoms with E-state index < -0.39 is 11.6 Å². The van der Waals surface area contributed by atoms with E-state index in [1.54, 1.807) is 24.3 Å². The molecule has 7 nitrogen and oxygen atoms in total. The summed E-state index contributed by atoms with van der Waals surface area (Å²) in [5, 5.41) is 6.89. The Morgan fingerprint density at radius 3 is 2.70 bits per heavy atom. The van der Waals surface area contributed by atoms with Crippen LogP contribution in [0.15, 0.2) is 59.7 Å². The first-order valence-electron chi connectivity index (χ1n) is 8.75. The van der Waals surface area contributed by atoms with Crippen molar-refractivity contribution in [2.75, 3.05) is 0 Å². The largest absolute Gasteiger partial charge is 0.468 e. The Hall–Kier alpha value is -3.35. The minimum Gasteiger partial charge on any atom is -0.468 e. The van der Waals surface area contributed by atoms with Gasteiger partial charge in [0.15, 0.2) is 5.72 Å². The number of hydrogen-bond acceptors (Lipinski definition) is 4. The van der Waals surface area contributed by atoms with Crippen LogP contribution in [0.1, 0.15) is 35.2 Å². The summed E-state index contributed by atoms with van der Waals surface area (Å²) in [5.41, 5.74) is 9.18. The number of nitrogens with one attached hydrogen (secondary N) is 2. The van der Waals surface area contributed by atoms with E-state index in [-0.39, 0.29) is 23.6 Å². The fourth-order valence-electron chi connectivity index (χ4n) is 3.77. The van der Waals surface area contributed by atoms with Gasteiger partial charge in [-0.3, -0.25) is 9.59 Å². The third-order valence-electron chi connectivity index (χ3n) is 4.98. The lowest BCUT2D eigenvalue weighted by Gasteiger charge is -2.46. The van der Waals surface area contributed by atoms with Crippen molar-refractivity contribution >= 4 is 17.6 Å². The molecule has 3 atom stereocenters. The predicted molar refractivity (Wildman–Crippen MR) is 100.0 cm³/mol. The third kappa shape index (κ3) is 3.12. The topological polar surface area (TPSA) is 106 Å². The molecule has 0 unspecified atom stereocenters. The smallest absolute Gasteiger partial charge is 0.271 e. The van der Waals surface area contributed by atoms with Crippen molar-refractivity contribution in [1.82, 2.24) is 10.7 Å². The molecular formula is C20H20N4O3. The predicted octanol–water partition coefficient (Wildman–Crippen LogP) is 1.72. The van der Waals surface area contributed by atoms with Crippen LogP contribution < -0.4 is 21.2 Å². The monoisotopic (exact) mass is 364 g/mol. The molecule has 27 heavy (non-hydrogen) atoms. The molecule has 0 saturated carbocycles. The number of fused-ring (bicyclic) bond motifs is 4. The lowest BCUT2D eigenvalue weighted by atomic mass is 9.74. The second kappa shape index (κ2) is 6.42. The molecule has 4 N–H and O–H groups in total. The Morgan fingerprint density at radius 2 is 1.93 bits per heavy atom. The van der Waals surface area contributed by atoms with Gasteiger partial charge in [-0.1, -0.05) is 36.4 Å². The van der Waals surface area contributed by atoms with Crippen LogP contribution in [0.2, 0.25) is 0 Å². The molecule has 2 heterocycles. The number of carbonyl (C=O) groups excluding carboxylic acids is 2. The van der Waals surface area contributed by atoms with Crippen molar-refractivity contribution in [3.8, 4) is 5.75 Å². The number of hydrazone groups is 1. The molecule has 0 spiro atoms. The standard InChI is InChI=1S/C20H20N4O3/c1-20-11-14(13-9-5-6-10-15(13)27-20)16(19(26)22-20)17(21)23-24-18(25)12-7-3-2-4-8-12/h2-10,14,16H,11H2,1H3,(H2,21,23)(H,22,26)(H,24,25)/t14-,16-,20-/m0/s1. The minimum atomic E-state index is -0.778. The van der Waals surface area contributed by atoms with Crippen molar-refractivity contribution in [2.24, 2.45) is 16.8 Å². The number of hydrogen-bond donors (Lipinski definition) is 3. The summed E-state index contributed by atoms with van der Waals surface area (Å²) in [6.07, 6.45) is 0.573. The maximum Gasteiger partial charge on any atom is 0.271 e. The number of nitrogens with two attached hydrogens (primary N) is 1. The van der Waals surface area contributed by atoms with Crippen LogP contribution in [0.3, 0.4) is 0 Å². The van der Waals surface area contributed by atoms with Gasteiger partial charge in [-0.05, 0) is 30.7 Å². The van der Waals surface area contributed by atoms with E-state index in [0.29, 0.717) is 12.0 Å². The fourth-order valence-corrected chi connectivity index (χ4v) is 3.77. The quantitative estimate of drug-likeness (QED) is 0.438. The number of benzene rings is 2. The van der Waals surface area contributed by atoms with Gasteiger partial charge in [-0.2, -0.15) is 5.10 Å². The molecule has 7 heteroatoms. The van der Waals surface area contributed by atoms with Crippen LogP contribution in [0.4, 0.5) is 0 Å². The molecule has 138 valence electrons. The van der Waals surface area contributed by atoms with Crippen LogP contribution in [0, 0.1) is 5.92 Å². The average molecular weight is 364 g/mol. The first-order chi connectivity index (χ1) is 13.0. The zero-order valence-electron chi connectivity index (χ0n) is 14.8. The third-order valence-corrected chi connectivity index (χ3v) is 4.98. The van der Waals surface area contributed by atoms with Crippen LogP contribution in [-0.2, 0) is 4.79 Å². The van der Waals surface area contributed by atoms with E-state index in [0.717, 1.165) is 11.3 Å². The number of carbonyl (C=O) groups is 2. The van der Waals surface area contributed by atoms with Gasteiger partial charge in [0.2, 0.25) is 5.91 Å². The number of nitrogens with zero attached hydrogens (tertiary/aromatic N) is 1. The first-order valence-corrected chi connectivity index (χ1v) is 8.75. The highest BCUT2D eigenvalue weighted by Crippen LogP contribution is 2.46. The molecule has 4 rings (SSSR count). The van der Waals surface area contributed by atoms with E-state index in [2.05, 4.69) is 15.8 Å². The van der Waals surface area contributed by atoms with E-state index in [9.17, 15) is 9.59 Å². The van der Waals surface area contributed by atoms with Crippen molar-refractivity contribution in [3.63, 3.8) is 0 Å². The molecule has 1 saturated heterocycles. The van der Waals surface area contributed by atoms with Crippen molar-refractivity contribution in [2.45, 2.75) is 25.0 Å². The van der Waals surface area contributed by atoms with Gasteiger partial charge in [0.05, 0.1) is 0 Å². The van der Waals surface area contributed by atoms with Gasteiger partial charge in [0.25, 0.3) is 5.91 Å². The molecule has 0 radical (unpaired) electrons. The summed E-state index contributed by atoms with van der Waals surface area (Å²) in [5.74, 6) is -0.710. The zero-order chi connectivity index (χ0) is 19.0. The van der Waals surface area contributed by atoms with Gasteiger partial charge in [-0.15, -0.1) is 0 Å². The maximum absolute atomic E-state index is 12.7. The van der Waals surface area contributed by atoms with Crippen LogP contribution in [-0.4, -0.2) is 23.4 Å². The highest BCUT2D eigenvalue weighted by atomic mass is 16.5. The molecular weight excluding hydrogens is 344 g/mol. The fraction of sp³-hybridized carbons (Fsp3) is 0.250. The summed E-state index contributed by atoms with van der Waals surface area (Å²) in [6, 6.07) is 16.3. The Kier molecular flexibility index (Phi) is 4.07. The summed E-state index contributed by atoms with van der Waals surface area (Å²) < 4.78 is 5.96. The number of piperidine rings is 1. The highest BCUT2D eigenvalue weighted by Gasteiger charge is 2.50. The van der Waals surface area contributed by atoms with E-state index >= 15 is 0 Å². The molecule has 2 aliphatic heterocycles. The summed E-state index contributed by atoms with van der Waals surface area (Å²) in [4.78, 5) is 24.9. The number of rotatable bonds is 3. The maximum atomic E-state index is 12.7. The van der Waals surface area contributed by atoms with Gasteiger partial charge in [0, 0.05) is 17.9 Å². The zero-order valence-corrected chi connectivity index (χ0v) is 14.8. The Labute approximate surface area is 156 Å². The van der Waals surface area contributed by atoms with Gasteiger partial charge in [0.1, 0.15) is 17.5 Å². The van der Waals surface area contributed by atoms with E-state index in [4.69, 9.17) is 10.5 Å². The number of para-hydroxylation sites is 1. The number of ether oxygens (including phenoxy) is 1. The van der Waals surface area contributed by atoms with Crippen LogP contribution in [0.5, 0.6) is 5.75 Å². The summed E-state index contributed by atoms with van der Waals surface area (Å²) >= 11 is 0. The molecule has 1 fully saturated rings. The molecule has 0 aromatic heterocycles. The first kappa shape index (κ1) is 17.1.